The predicted molar refractivity (Wildman–Crippen MR) is 115 cm³/mol. The molecule has 0 spiro atoms. The van der Waals surface area contributed by atoms with E-state index >= 15 is 0 Å². The van der Waals surface area contributed by atoms with E-state index in [0.717, 1.165) is 17.2 Å². The number of halogens is 5. The summed E-state index contributed by atoms with van der Waals surface area (Å²) in [6.07, 6.45) is -4.08. The van der Waals surface area contributed by atoms with Crippen LogP contribution in [0, 0.1) is 11.6 Å². The molecule has 0 amide bonds. The van der Waals surface area contributed by atoms with Crippen molar-refractivity contribution in [2.75, 3.05) is 18.8 Å². The van der Waals surface area contributed by atoms with Crippen LogP contribution in [-0.4, -0.2) is 18.8 Å². The van der Waals surface area contributed by atoms with Gasteiger partial charge in [-0.2, -0.15) is 13.2 Å². The van der Waals surface area contributed by atoms with Crippen molar-refractivity contribution in [3.05, 3.63) is 107 Å². The number of benzene rings is 3. The van der Waals surface area contributed by atoms with Crippen molar-refractivity contribution >= 4 is 11.8 Å². The summed E-state index contributed by atoms with van der Waals surface area (Å²) in [5, 5.41) is 3.08. The number of rotatable bonds is 9. The van der Waals surface area contributed by atoms with Crippen LogP contribution >= 0.6 is 11.8 Å². The quantitative estimate of drug-likeness (QED) is 0.289. The minimum absolute atomic E-state index is 0.103. The molecule has 0 radical (unpaired) electrons. The van der Waals surface area contributed by atoms with Gasteiger partial charge in [0.25, 0.3) is 0 Å². The molecule has 31 heavy (non-hydrogen) atoms. The van der Waals surface area contributed by atoms with Crippen LogP contribution in [0.3, 0.4) is 0 Å². The molecule has 0 saturated heterocycles. The number of hydrogen-bond acceptors (Lipinski definition) is 2. The van der Waals surface area contributed by atoms with Crippen molar-refractivity contribution in [2.45, 2.75) is 17.8 Å². The Labute approximate surface area is 182 Å². The zero-order valence-corrected chi connectivity index (χ0v) is 17.4. The van der Waals surface area contributed by atoms with Crippen molar-refractivity contribution in [2.24, 2.45) is 0 Å². The maximum Gasteiger partial charge on any atom is 0.416 e. The molecule has 0 saturated carbocycles. The van der Waals surface area contributed by atoms with E-state index in [1.807, 2.05) is 0 Å². The first-order valence-electron chi connectivity index (χ1n) is 9.83. The van der Waals surface area contributed by atoms with Crippen LogP contribution in [0.4, 0.5) is 22.0 Å². The average Bonchev–Trinajstić information content (AvgIpc) is 2.75. The monoisotopic (exact) mass is 451 g/mol. The summed E-state index contributed by atoms with van der Waals surface area (Å²) >= 11 is 1.61. The fraction of sp³-hybridized carbons (Fsp3) is 0.250. The molecule has 3 rings (SSSR count). The van der Waals surface area contributed by atoms with Crippen molar-refractivity contribution in [1.29, 1.82) is 0 Å². The van der Waals surface area contributed by atoms with Crippen LogP contribution in [0.15, 0.2) is 72.8 Å². The Hall–Kier alpha value is -2.38. The molecule has 0 aromatic heterocycles. The molecule has 3 aromatic carbocycles. The zero-order valence-electron chi connectivity index (χ0n) is 16.6. The van der Waals surface area contributed by atoms with Gasteiger partial charge in [-0.3, -0.25) is 0 Å². The van der Waals surface area contributed by atoms with Gasteiger partial charge in [0.2, 0.25) is 0 Å². The molecule has 0 aliphatic carbocycles. The molecule has 0 aliphatic heterocycles. The van der Waals surface area contributed by atoms with Gasteiger partial charge >= 0.3 is 6.18 Å². The largest absolute Gasteiger partial charge is 0.416 e. The van der Waals surface area contributed by atoms with Gasteiger partial charge in [0.05, 0.1) is 10.8 Å². The van der Waals surface area contributed by atoms with E-state index in [0.29, 0.717) is 18.8 Å². The van der Waals surface area contributed by atoms with E-state index in [-0.39, 0.29) is 28.9 Å². The Kier molecular flexibility index (Phi) is 8.09. The van der Waals surface area contributed by atoms with Gasteiger partial charge in [0.1, 0.15) is 11.6 Å². The molecular formula is C24H22F5NS. The first-order valence-corrected chi connectivity index (χ1v) is 10.9. The van der Waals surface area contributed by atoms with E-state index in [4.69, 9.17) is 0 Å². The Bertz CT molecular complexity index is 909. The van der Waals surface area contributed by atoms with Crippen molar-refractivity contribution in [3.63, 3.8) is 0 Å². The Morgan fingerprint density at radius 1 is 0.742 bits per heavy atom. The number of hydrogen-bond donors (Lipinski definition) is 1. The lowest BCUT2D eigenvalue weighted by atomic mass is 10.0. The summed E-state index contributed by atoms with van der Waals surface area (Å²) in [6.45, 7) is 1.02. The second-order valence-corrected chi connectivity index (χ2v) is 8.22. The second kappa shape index (κ2) is 10.8. The minimum atomic E-state index is -4.36. The summed E-state index contributed by atoms with van der Waals surface area (Å²) < 4.78 is 65.8. The maximum absolute atomic E-state index is 13.3. The SMILES string of the molecule is Fc1ccc(C(SCCNCCc2ccccc2C(F)(F)F)c2ccc(F)cc2)cc1. The lowest BCUT2D eigenvalue weighted by Crippen LogP contribution is -2.21. The van der Waals surface area contributed by atoms with Gasteiger partial charge in [-0.15, -0.1) is 11.8 Å². The normalized spacial score (nSPS) is 11.8. The van der Waals surface area contributed by atoms with Gasteiger partial charge in [0.15, 0.2) is 0 Å². The third-order valence-electron chi connectivity index (χ3n) is 4.80. The molecule has 0 aliphatic rings. The lowest BCUT2D eigenvalue weighted by Gasteiger charge is -2.18. The van der Waals surface area contributed by atoms with Crippen molar-refractivity contribution in [3.8, 4) is 0 Å². The van der Waals surface area contributed by atoms with Crippen LogP contribution < -0.4 is 5.32 Å². The molecule has 0 fully saturated rings. The van der Waals surface area contributed by atoms with Gasteiger partial charge < -0.3 is 5.32 Å². The molecule has 0 heterocycles. The highest BCUT2D eigenvalue weighted by Gasteiger charge is 2.32. The summed E-state index contributed by atoms with van der Waals surface area (Å²) in [4.78, 5) is 0. The zero-order chi connectivity index (χ0) is 22.3. The molecule has 0 bridgehead atoms. The third kappa shape index (κ3) is 6.80. The summed E-state index contributed by atoms with van der Waals surface area (Å²) in [7, 11) is 0. The van der Waals surface area contributed by atoms with Crippen molar-refractivity contribution < 1.29 is 22.0 Å². The minimum Gasteiger partial charge on any atom is -0.316 e. The molecule has 3 aromatic rings. The molecule has 164 valence electrons. The molecule has 0 atom stereocenters. The van der Waals surface area contributed by atoms with Gasteiger partial charge in [-0.1, -0.05) is 42.5 Å². The molecular weight excluding hydrogens is 429 g/mol. The first-order chi connectivity index (χ1) is 14.8. The molecule has 0 unspecified atom stereocenters. The fourth-order valence-electron chi connectivity index (χ4n) is 3.27. The highest BCUT2D eigenvalue weighted by Crippen LogP contribution is 2.35. The third-order valence-corrected chi connectivity index (χ3v) is 6.12. The topological polar surface area (TPSA) is 12.0 Å². The standard InChI is InChI=1S/C24H22F5NS/c25-20-9-5-18(6-10-20)23(19-7-11-21(26)12-8-19)31-16-15-30-14-13-17-3-1-2-4-22(17)24(27,28)29/h1-12,23,30H,13-16H2. The average molecular weight is 452 g/mol. The highest BCUT2D eigenvalue weighted by molar-refractivity contribution is 7.99. The number of thioether (sulfide) groups is 1. The second-order valence-electron chi connectivity index (χ2n) is 7.01. The summed E-state index contributed by atoms with van der Waals surface area (Å²) in [6, 6.07) is 18.0. The maximum atomic E-state index is 13.3. The molecule has 1 nitrogen and oxygen atoms in total. The van der Waals surface area contributed by atoms with E-state index in [2.05, 4.69) is 5.32 Å². The van der Waals surface area contributed by atoms with Gasteiger partial charge in [-0.05, 0) is 60.0 Å². The highest BCUT2D eigenvalue weighted by atomic mass is 32.2. The van der Waals surface area contributed by atoms with Crippen LogP contribution in [0.25, 0.3) is 0 Å². The summed E-state index contributed by atoms with van der Waals surface area (Å²) in [5.74, 6) is 0.0279. The van der Waals surface area contributed by atoms with Crippen molar-refractivity contribution in [1.82, 2.24) is 5.32 Å². The van der Waals surface area contributed by atoms with Crippen LogP contribution in [0.1, 0.15) is 27.5 Å². The number of alkyl halides is 3. The predicted octanol–water partition coefficient (Wildman–Crippen LogP) is 6.64. The van der Waals surface area contributed by atoms with E-state index in [1.165, 1.54) is 36.4 Å². The van der Waals surface area contributed by atoms with Crippen LogP contribution in [-0.2, 0) is 12.6 Å². The number of nitrogens with one attached hydrogen (secondary N) is 1. The first kappa shape index (κ1) is 23.3. The van der Waals surface area contributed by atoms with Gasteiger partial charge in [0, 0.05) is 12.3 Å². The molecule has 1 N–H and O–H groups in total. The van der Waals surface area contributed by atoms with E-state index in [9.17, 15) is 22.0 Å². The summed E-state index contributed by atoms with van der Waals surface area (Å²) in [5.41, 5.74) is 1.47. The van der Waals surface area contributed by atoms with Crippen LogP contribution in [0.2, 0.25) is 0 Å². The lowest BCUT2D eigenvalue weighted by molar-refractivity contribution is -0.138. The van der Waals surface area contributed by atoms with Crippen LogP contribution in [0.5, 0.6) is 0 Å². The fourth-order valence-corrected chi connectivity index (χ4v) is 4.47. The van der Waals surface area contributed by atoms with E-state index in [1.54, 1.807) is 42.1 Å². The Morgan fingerprint density at radius 3 is 1.84 bits per heavy atom. The van der Waals surface area contributed by atoms with E-state index < -0.39 is 11.7 Å². The smallest absolute Gasteiger partial charge is 0.316 e. The molecule has 7 heteroatoms. The Morgan fingerprint density at radius 2 is 1.29 bits per heavy atom. The Balaban J connectivity index is 1.55. The van der Waals surface area contributed by atoms with Gasteiger partial charge in [-0.25, -0.2) is 8.78 Å².